The van der Waals surface area contributed by atoms with Crippen LogP contribution in [0.2, 0.25) is 0 Å². The molecule has 0 radical (unpaired) electrons. The number of carbonyl (C=O) groups is 1. The summed E-state index contributed by atoms with van der Waals surface area (Å²) in [5, 5.41) is 2.91. The Labute approximate surface area is 91.2 Å². The second-order valence-corrected chi connectivity index (χ2v) is 4.28. The SMILES string of the molecule is CSCCCCNC(=O)CCCCN. The summed E-state index contributed by atoms with van der Waals surface area (Å²) in [6.07, 6.45) is 6.85. The Balaban J connectivity index is 3.10. The van der Waals surface area contributed by atoms with Crippen LogP contribution in [0.4, 0.5) is 0 Å². The molecule has 0 fully saturated rings. The van der Waals surface area contributed by atoms with Crippen molar-refractivity contribution in [2.24, 2.45) is 5.73 Å². The number of nitrogens with two attached hydrogens (primary N) is 1. The summed E-state index contributed by atoms with van der Waals surface area (Å²) in [6.45, 7) is 1.50. The third kappa shape index (κ3) is 9.86. The van der Waals surface area contributed by atoms with Crippen molar-refractivity contribution in [3.8, 4) is 0 Å². The van der Waals surface area contributed by atoms with Crippen molar-refractivity contribution >= 4 is 17.7 Å². The van der Waals surface area contributed by atoms with Gasteiger partial charge in [-0.3, -0.25) is 4.79 Å². The fourth-order valence-corrected chi connectivity index (χ4v) is 1.61. The molecule has 0 spiro atoms. The normalized spacial score (nSPS) is 10.1. The second-order valence-electron chi connectivity index (χ2n) is 3.30. The lowest BCUT2D eigenvalue weighted by Crippen LogP contribution is -2.24. The average molecular weight is 218 g/mol. The molecule has 0 aliphatic carbocycles. The fraction of sp³-hybridized carbons (Fsp3) is 0.900. The Morgan fingerprint density at radius 1 is 1.29 bits per heavy atom. The van der Waals surface area contributed by atoms with Gasteiger partial charge in [0.15, 0.2) is 0 Å². The molecule has 0 rings (SSSR count). The zero-order valence-corrected chi connectivity index (χ0v) is 9.87. The Kier molecular flexibility index (Phi) is 10.7. The lowest BCUT2D eigenvalue weighted by Gasteiger charge is -2.04. The lowest BCUT2D eigenvalue weighted by atomic mass is 10.2. The predicted octanol–water partition coefficient (Wildman–Crippen LogP) is 1.37. The van der Waals surface area contributed by atoms with Crippen LogP contribution in [0.25, 0.3) is 0 Å². The van der Waals surface area contributed by atoms with Crippen LogP contribution in [0.5, 0.6) is 0 Å². The molecule has 3 N–H and O–H groups in total. The molecule has 0 atom stereocenters. The maximum atomic E-state index is 11.2. The van der Waals surface area contributed by atoms with E-state index in [0.717, 1.165) is 25.8 Å². The van der Waals surface area contributed by atoms with Crippen molar-refractivity contribution in [3.05, 3.63) is 0 Å². The molecular weight excluding hydrogens is 196 g/mol. The van der Waals surface area contributed by atoms with Gasteiger partial charge < -0.3 is 11.1 Å². The number of unbranched alkanes of at least 4 members (excludes halogenated alkanes) is 2. The summed E-state index contributed by atoms with van der Waals surface area (Å²) in [4.78, 5) is 11.2. The van der Waals surface area contributed by atoms with Gasteiger partial charge in [0.2, 0.25) is 5.91 Å². The third-order valence-corrected chi connectivity index (χ3v) is 2.65. The minimum Gasteiger partial charge on any atom is -0.356 e. The number of amides is 1. The number of carbonyl (C=O) groups excluding carboxylic acids is 1. The van der Waals surface area contributed by atoms with E-state index in [1.165, 1.54) is 12.2 Å². The van der Waals surface area contributed by atoms with E-state index in [1.54, 1.807) is 0 Å². The first kappa shape index (κ1) is 13.8. The highest BCUT2D eigenvalue weighted by atomic mass is 32.2. The first-order valence-electron chi connectivity index (χ1n) is 5.27. The van der Waals surface area contributed by atoms with E-state index in [0.29, 0.717) is 13.0 Å². The van der Waals surface area contributed by atoms with Gasteiger partial charge in [-0.2, -0.15) is 11.8 Å². The van der Waals surface area contributed by atoms with Gasteiger partial charge in [-0.15, -0.1) is 0 Å². The Morgan fingerprint density at radius 2 is 2.07 bits per heavy atom. The molecule has 0 bridgehead atoms. The topological polar surface area (TPSA) is 55.1 Å². The maximum Gasteiger partial charge on any atom is 0.219 e. The zero-order chi connectivity index (χ0) is 10.6. The summed E-state index contributed by atoms with van der Waals surface area (Å²) >= 11 is 1.85. The minimum atomic E-state index is 0.169. The van der Waals surface area contributed by atoms with Crippen LogP contribution in [-0.4, -0.2) is 31.0 Å². The van der Waals surface area contributed by atoms with Crippen LogP contribution in [0.3, 0.4) is 0 Å². The van der Waals surface area contributed by atoms with Gasteiger partial charge in [-0.05, 0) is 44.2 Å². The highest BCUT2D eigenvalue weighted by molar-refractivity contribution is 7.98. The monoisotopic (exact) mass is 218 g/mol. The molecule has 0 aromatic heterocycles. The van der Waals surface area contributed by atoms with E-state index in [-0.39, 0.29) is 5.91 Å². The first-order valence-corrected chi connectivity index (χ1v) is 6.66. The van der Waals surface area contributed by atoms with Gasteiger partial charge >= 0.3 is 0 Å². The molecule has 0 heterocycles. The molecule has 4 heteroatoms. The Morgan fingerprint density at radius 3 is 2.71 bits per heavy atom. The molecule has 1 amide bonds. The van der Waals surface area contributed by atoms with E-state index in [4.69, 9.17) is 5.73 Å². The summed E-state index contributed by atoms with van der Waals surface area (Å²) < 4.78 is 0. The quantitative estimate of drug-likeness (QED) is 0.575. The molecule has 0 aliphatic heterocycles. The number of hydrogen-bond acceptors (Lipinski definition) is 3. The molecule has 14 heavy (non-hydrogen) atoms. The second kappa shape index (κ2) is 10.9. The lowest BCUT2D eigenvalue weighted by molar-refractivity contribution is -0.121. The molecule has 3 nitrogen and oxygen atoms in total. The van der Waals surface area contributed by atoms with E-state index in [9.17, 15) is 4.79 Å². The summed E-state index contributed by atoms with van der Waals surface area (Å²) in [7, 11) is 0. The average Bonchev–Trinajstić information content (AvgIpc) is 2.18. The fourth-order valence-electron chi connectivity index (χ4n) is 1.12. The zero-order valence-electron chi connectivity index (χ0n) is 9.05. The van der Waals surface area contributed by atoms with E-state index < -0.39 is 0 Å². The van der Waals surface area contributed by atoms with E-state index in [1.807, 2.05) is 11.8 Å². The number of hydrogen-bond donors (Lipinski definition) is 2. The highest BCUT2D eigenvalue weighted by Gasteiger charge is 1.98. The van der Waals surface area contributed by atoms with Crippen molar-refractivity contribution in [1.82, 2.24) is 5.32 Å². The highest BCUT2D eigenvalue weighted by Crippen LogP contribution is 1.98. The van der Waals surface area contributed by atoms with Crippen molar-refractivity contribution in [2.45, 2.75) is 32.1 Å². The number of rotatable bonds is 9. The summed E-state index contributed by atoms with van der Waals surface area (Å²) in [5.74, 6) is 1.35. The molecule has 0 aliphatic rings. The molecule has 0 aromatic carbocycles. The van der Waals surface area contributed by atoms with E-state index in [2.05, 4.69) is 11.6 Å². The molecule has 0 saturated heterocycles. The van der Waals surface area contributed by atoms with Gasteiger partial charge in [0.05, 0.1) is 0 Å². The Hall–Kier alpha value is -0.220. The van der Waals surface area contributed by atoms with Gasteiger partial charge in [0.25, 0.3) is 0 Å². The summed E-state index contributed by atoms with van der Waals surface area (Å²) in [6, 6.07) is 0. The van der Waals surface area contributed by atoms with Crippen LogP contribution in [-0.2, 0) is 4.79 Å². The predicted molar refractivity (Wildman–Crippen MR) is 63.5 cm³/mol. The van der Waals surface area contributed by atoms with Crippen LogP contribution in [0, 0.1) is 0 Å². The third-order valence-electron chi connectivity index (χ3n) is 1.96. The molecule has 0 aromatic rings. The van der Waals surface area contributed by atoms with Crippen molar-refractivity contribution < 1.29 is 4.79 Å². The van der Waals surface area contributed by atoms with Gasteiger partial charge in [0.1, 0.15) is 0 Å². The van der Waals surface area contributed by atoms with Crippen LogP contribution in [0.1, 0.15) is 32.1 Å². The van der Waals surface area contributed by atoms with Gasteiger partial charge in [-0.1, -0.05) is 0 Å². The molecule has 84 valence electrons. The minimum absolute atomic E-state index is 0.169. The molecule has 0 saturated carbocycles. The molecule has 0 unspecified atom stereocenters. The van der Waals surface area contributed by atoms with Crippen LogP contribution < -0.4 is 11.1 Å². The van der Waals surface area contributed by atoms with Crippen LogP contribution >= 0.6 is 11.8 Å². The first-order chi connectivity index (χ1) is 6.81. The van der Waals surface area contributed by atoms with E-state index >= 15 is 0 Å². The van der Waals surface area contributed by atoms with Gasteiger partial charge in [0, 0.05) is 13.0 Å². The number of thioether (sulfide) groups is 1. The van der Waals surface area contributed by atoms with Crippen LogP contribution in [0.15, 0.2) is 0 Å². The smallest absolute Gasteiger partial charge is 0.219 e. The standard InChI is InChI=1S/C10H22N2OS/c1-14-9-5-4-8-12-10(13)6-2-3-7-11/h2-9,11H2,1H3,(H,12,13). The van der Waals surface area contributed by atoms with Crippen molar-refractivity contribution in [3.63, 3.8) is 0 Å². The Bertz CT molecular complexity index is 142. The maximum absolute atomic E-state index is 11.2. The summed E-state index contributed by atoms with van der Waals surface area (Å²) in [5.41, 5.74) is 5.34. The molecular formula is C10H22N2OS. The largest absolute Gasteiger partial charge is 0.356 e. The number of nitrogens with one attached hydrogen (secondary N) is 1. The van der Waals surface area contributed by atoms with Gasteiger partial charge in [-0.25, -0.2) is 0 Å². The van der Waals surface area contributed by atoms with Crippen molar-refractivity contribution in [1.29, 1.82) is 0 Å². The van der Waals surface area contributed by atoms with Crippen molar-refractivity contribution in [2.75, 3.05) is 25.1 Å².